The smallest absolute Gasteiger partial charge is 0.302 e. The molecule has 0 saturated carbocycles. The van der Waals surface area contributed by atoms with Crippen molar-refractivity contribution in [3.63, 3.8) is 0 Å². The van der Waals surface area contributed by atoms with Crippen LogP contribution in [-0.2, 0) is 53.8 Å². The first-order valence-electron chi connectivity index (χ1n) is 16.7. The quantitative estimate of drug-likeness (QED) is 0.0760. The van der Waals surface area contributed by atoms with Gasteiger partial charge >= 0.3 is 5.97 Å². The summed E-state index contributed by atoms with van der Waals surface area (Å²) >= 11 is 0. The molecule has 1 rings (SSSR count). The van der Waals surface area contributed by atoms with Gasteiger partial charge in [-0.15, -0.1) is 0 Å². The molecule has 1 aromatic rings. The van der Waals surface area contributed by atoms with E-state index in [1.165, 1.54) is 51.0 Å². The minimum atomic E-state index is -0.308. The Labute approximate surface area is 271 Å². The second kappa shape index (κ2) is 33.5. The van der Waals surface area contributed by atoms with Crippen LogP contribution in [0.4, 0.5) is 0 Å². The molecule has 0 aliphatic carbocycles. The van der Waals surface area contributed by atoms with Crippen molar-refractivity contribution in [3.8, 4) is 5.75 Å². The van der Waals surface area contributed by atoms with Gasteiger partial charge in [-0.2, -0.15) is 0 Å². The van der Waals surface area contributed by atoms with Crippen molar-refractivity contribution in [3.05, 3.63) is 29.8 Å². The van der Waals surface area contributed by atoms with Crippen LogP contribution in [0.5, 0.6) is 5.75 Å². The van der Waals surface area contributed by atoms with E-state index >= 15 is 0 Å². The van der Waals surface area contributed by atoms with Crippen LogP contribution in [0.1, 0.15) is 57.9 Å². The number of ether oxygens (including phenoxy) is 10. The first kappa shape index (κ1) is 41.2. The lowest BCUT2D eigenvalue weighted by Crippen LogP contribution is -2.15. The van der Waals surface area contributed by atoms with Gasteiger partial charge in [-0.05, 0) is 30.5 Å². The summed E-state index contributed by atoms with van der Waals surface area (Å²) in [5.74, 6) is 0.575. The van der Waals surface area contributed by atoms with Crippen molar-refractivity contribution in [1.82, 2.24) is 0 Å². The van der Waals surface area contributed by atoms with Crippen molar-refractivity contribution in [1.29, 1.82) is 0 Å². The number of hydrogen-bond donors (Lipinski definition) is 0. The number of benzene rings is 1. The zero-order valence-electron chi connectivity index (χ0n) is 28.0. The first-order valence-corrected chi connectivity index (χ1v) is 16.7. The van der Waals surface area contributed by atoms with Gasteiger partial charge in [0.2, 0.25) is 0 Å². The van der Waals surface area contributed by atoms with Gasteiger partial charge in [0.25, 0.3) is 0 Å². The molecule has 262 valence electrons. The molecular weight excluding hydrogens is 584 g/mol. The Bertz CT molecular complexity index is 748. The molecule has 11 nitrogen and oxygen atoms in total. The number of carbonyl (C=O) groups excluding carboxylic acids is 1. The van der Waals surface area contributed by atoms with E-state index in [4.69, 9.17) is 47.4 Å². The molecule has 11 heteroatoms. The normalized spacial score (nSPS) is 11.2. The second-order valence-electron chi connectivity index (χ2n) is 10.2. The molecule has 0 radical (unpaired) electrons. The second-order valence-corrected chi connectivity index (χ2v) is 10.2. The molecular formula is C34H60O11. The van der Waals surface area contributed by atoms with Crippen LogP contribution >= 0.6 is 0 Å². The molecule has 0 spiro atoms. The third-order valence-corrected chi connectivity index (χ3v) is 6.38. The van der Waals surface area contributed by atoms with Crippen LogP contribution in [0.25, 0.3) is 0 Å². The highest BCUT2D eigenvalue weighted by Crippen LogP contribution is 2.15. The Hall–Kier alpha value is -1.83. The predicted octanol–water partition coefficient (Wildman–Crippen LogP) is 4.66. The number of esters is 1. The molecule has 0 aliphatic heterocycles. The molecule has 0 amide bonds. The molecule has 0 saturated heterocycles. The molecule has 0 atom stereocenters. The van der Waals surface area contributed by atoms with Gasteiger partial charge in [0.1, 0.15) is 19.0 Å². The predicted molar refractivity (Wildman–Crippen MR) is 172 cm³/mol. The standard InChI is InChI=1S/C34H60O11/c1-3-4-5-6-7-8-9-33-10-12-34(13-11-33)45-31-29-43-27-25-41-23-21-39-19-17-37-15-14-36-16-18-38-20-22-40-24-26-42-28-30-44-32(2)35/h10-13H,3-9,14-31H2,1-2H3. The largest absolute Gasteiger partial charge is 0.491 e. The van der Waals surface area contributed by atoms with Crippen molar-refractivity contribution >= 4 is 5.97 Å². The van der Waals surface area contributed by atoms with Gasteiger partial charge in [0, 0.05) is 6.92 Å². The molecule has 0 unspecified atom stereocenters. The average molecular weight is 645 g/mol. The first-order chi connectivity index (χ1) is 22.2. The van der Waals surface area contributed by atoms with E-state index in [-0.39, 0.29) is 12.6 Å². The van der Waals surface area contributed by atoms with E-state index in [1.54, 1.807) is 0 Å². The van der Waals surface area contributed by atoms with E-state index in [0.717, 1.165) is 12.2 Å². The lowest BCUT2D eigenvalue weighted by molar-refractivity contribution is -0.142. The van der Waals surface area contributed by atoms with Crippen LogP contribution in [0.2, 0.25) is 0 Å². The molecule has 0 aliphatic rings. The Morgan fingerprint density at radius 2 is 0.822 bits per heavy atom. The van der Waals surface area contributed by atoms with E-state index in [2.05, 4.69) is 19.1 Å². The minimum absolute atomic E-state index is 0.261. The Morgan fingerprint density at radius 3 is 1.22 bits per heavy atom. The van der Waals surface area contributed by atoms with Crippen molar-refractivity contribution < 1.29 is 52.2 Å². The van der Waals surface area contributed by atoms with E-state index < -0.39 is 0 Å². The number of unbranched alkanes of at least 4 members (excludes halogenated alkanes) is 5. The summed E-state index contributed by atoms with van der Waals surface area (Å²) in [4.78, 5) is 10.6. The van der Waals surface area contributed by atoms with Crippen LogP contribution < -0.4 is 4.74 Å². The third kappa shape index (κ3) is 30.6. The SMILES string of the molecule is CCCCCCCCc1ccc(OCCOCCOCCOCCOCCOCCOCCOCCOCCOC(C)=O)cc1. The molecule has 0 heterocycles. The fourth-order valence-electron chi connectivity index (χ4n) is 3.97. The van der Waals surface area contributed by atoms with Crippen molar-refractivity contribution in [2.75, 3.05) is 119 Å². The summed E-state index contributed by atoms with van der Waals surface area (Å²) in [7, 11) is 0. The maximum Gasteiger partial charge on any atom is 0.302 e. The molecule has 45 heavy (non-hydrogen) atoms. The molecule has 0 bridgehead atoms. The monoisotopic (exact) mass is 644 g/mol. The maximum absolute atomic E-state index is 10.6. The molecule has 0 fully saturated rings. The summed E-state index contributed by atoms with van der Waals surface area (Å²) in [5, 5.41) is 0. The summed E-state index contributed by atoms with van der Waals surface area (Å²) in [5.41, 5.74) is 1.38. The highest BCUT2D eigenvalue weighted by atomic mass is 16.6. The zero-order chi connectivity index (χ0) is 32.3. The van der Waals surface area contributed by atoms with Crippen LogP contribution in [0.3, 0.4) is 0 Å². The minimum Gasteiger partial charge on any atom is -0.491 e. The number of rotatable bonds is 35. The fraction of sp³-hybridized carbons (Fsp3) is 0.794. The lowest BCUT2D eigenvalue weighted by atomic mass is 10.0. The van der Waals surface area contributed by atoms with E-state index in [9.17, 15) is 4.79 Å². The maximum atomic E-state index is 10.6. The summed E-state index contributed by atoms with van der Waals surface area (Å²) < 4.78 is 54.1. The third-order valence-electron chi connectivity index (χ3n) is 6.38. The summed E-state index contributed by atoms with van der Waals surface area (Å²) in [6.07, 6.45) is 9.08. The van der Waals surface area contributed by atoms with Gasteiger partial charge in [-0.3, -0.25) is 4.79 Å². The molecule has 0 N–H and O–H groups in total. The fourth-order valence-corrected chi connectivity index (χ4v) is 3.97. The lowest BCUT2D eigenvalue weighted by Gasteiger charge is -2.09. The van der Waals surface area contributed by atoms with Gasteiger partial charge in [-0.1, -0.05) is 51.2 Å². The Kier molecular flexibility index (Phi) is 30.7. The highest BCUT2D eigenvalue weighted by molar-refractivity contribution is 5.65. The molecule has 1 aromatic carbocycles. The van der Waals surface area contributed by atoms with Crippen molar-refractivity contribution in [2.45, 2.75) is 58.8 Å². The number of hydrogen-bond acceptors (Lipinski definition) is 11. The van der Waals surface area contributed by atoms with Crippen LogP contribution in [0.15, 0.2) is 24.3 Å². The summed E-state index contributed by atoms with van der Waals surface area (Å²) in [6, 6.07) is 8.42. The number of carbonyl (C=O) groups is 1. The van der Waals surface area contributed by atoms with Crippen LogP contribution in [-0.4, -0.2) is 125 Å². The Morgan fingerprint density at radius 1 is 0.467 bits per heavy atom. The molecule has 0 aromatic heterocycles. The van der Waals surface area contributed by atoms with Gasteiger partial charge < -0.3 is 47.4 Å². The average Bonchev–Trinajstić information content (AvgIpc) is 3.04. The highest BCUT2D eigenvalue weighted by Gasteiger charge is 1.99. The van der Waals surface area contributed by atoms with Crippen molar-refractivity contribution in [2.24, 2.45) is 0 Å². The topological polar surface area (TPSA) is 109 Å². The van der Waals surface area contributed by atoms with Gasteiger partial charge in [0.05, 0.1) is 106 Å². The van der Waals surface area contributed by atoms with E-state index in [1.807, 2.05) is 12.1 Å². The zero-order valence-corrected chi connectivity index (χ0v) is 28.0. The van der Waals surface area contributed by atoms with Gasteiger partial charge in [0.15, 0.2) is 0 Å². The van der Waals surface area contributed by atoms with Crippen LogP contribution in [0, 0.1) is 0 Å². The van der Waals surface area contributed by atoms with E-state index in [0.29, 0.717) is 112 Å². The van der Waals surface area contributed by atoms with Gasteiger partial charge in [-0.25, -0.2) is 0 Å². The summed E-state index contributed by atoms with van der Waals surface area (Å²) in [6.45, 7) is 12.3. The number of aryl methyl sites for hydroxylation is 1. The Balaban J connectivity index is 1.71.